The van der Waals surface area contributed by atoms with Crippen LogP contribution in [0.4, 0.5) is 10.9 Å². The standard InChI is InChI=1S/C10H18N4OS2/c1-6(5-16-4)12-9(15)7-8(11)13-10(17-7)14(2)3/h6H,5,11H2,1-4H3,(H,12,15). The lowest BCUT2D eigenvalue weighted by atomic mass is 10.3. The first kappa shape index (κ1) is 14.1. The molecule has 0 bridgehead atoms. The average molecular weight is 274 g/mol. The number of aromatic nitrogens is 1. The number of rotatable bonds is 5. The number of thioether (sulfide) groups is 1. The van der Waals surface area contributed by atoms with E-state index in [1.54, 1.807) is 11.8 Å². The fourth-order valence-electron chi connectivity index (χ4n) is 1.26. The minimum atomic E-state index is -0.144. The Morgan fingerprint density at radius 1 is 1.65 bits per heavy atom. The molecule has 96 valence electrons. The van der Waals surface area contributed by atoms with E-state index >= 15 is 0 Å². The zero-order chi connectivity index (χ0) is 13.0. The Kier molecular flexibility index (Phi) is 5.07. The van der Waals surface area contributed by atoms with Gasteiger partial charge in [-0.15, -0.1) is 0 Å². The largest absolute Gasteiger partial charge is 0.382 e. The first-order valence-electron chi connectivity index (χ1n) is 5.19. The van der Waals surface area contributed by atoms with E-state index in [1.807, 2.05) is 32.2 Å². The topological polar surface area (TPSA) is 71.2 Å². The van der Waals surface area contributed by atoms with Gasteiger partial charge in [0.05, 0.1) is 0 Å². The van der Waals surface area contributed by atoms with Gasteiger partial charge in [0.25, 0.3) is 5.91 Å². The zero-order valence-corrected chi connectivity index (χ0v) is 12.1. The van der Waals surface area contributed by atoms with E-state index in [0.29, 0.717) is 10.7 Å². The summed E-state index contributed by atoms with van der Waals surface area (Å²) in [5.41, 5.74) is 5.74. The molecule has 0 spiro atoms. The van der Waals surface area contributed by atoms with E-state index in [2.05, 4.69) is 10.3 Å². The van der Waals surface area contributed by atoms with Crippen molar-refractivity contribution < 1.29 is 4.79 Å². The molecule has 1 aromatic heterocycles. The quantitative estimate of drug-likeness (QED) is 0.846. The summed E-state index contributed by atoms with van der Waals surface area (Å²) in [6, 6.07) is 0.127. The number of nitrogens with two attached hydrogens (primary N) is 1. The van der Waals surface area contributed by atoms with Crippen LogP contribution in [0.1, 0.15) is 16.6 Å². The molecular formula is C10H18N4OS2. The molecule has 1 rings (SSSR count). The van der Waals surface area contributed by atoms with Crippen molar-refractivity contribution in [3.8, 4) is 0 Å². The van der Waals surface area contributed by atoms with Crippen LogP contribution in [0.15, 0.2) is 0 Å². The van der Waals surface area contributed by atoms with Crippen LogP contribution in [0.5, 0.6) is 0 Å². The molecule has 0 radical (unpaired) electrons. The Hall–Kier alpha value is -0.950. The minimum Gasteiger partial charge on any atom is -0.382 e. The van der Waals surface area contributed by atoms with Gasteiger partial charge in [0.2, 0.25) is 0 Å². The fourth-order valence-corrected chi connectivity index (χ4v) is 2.65. The Labute approximate surface area is 110 Å². The third-order valence-electron chi connectivity index (χ3n) is 2.03. The van der Waals surface area contributed by atoms with Gasteiger partial charge in [-0.2, -0.15) is 11.8 Å². The molecule has 3 N–H and O–H groups in total. The summed E-state index contributed by atoms with van der Waals surface area (Å²) in [6.07, 6.45) is 2.01. The number of anilines is 2. The third kappa shape index (κ3) is 3.78. The van der Waals surface area contributed by atoms with Crippen LogP contribution in [0.25, 0.3) is 0 Å². The van der Waals surface area contributed by atoms with Crippen molar-refractivity contribution in [1.29, 1.82) is 0 Å². The fraction of sp³-hybridized carbons (Fsp3) is 0.600. The van der Waals surface area contributed by atoms with Gasteiger partial charge in [0.15, 0.2) is 5.13 Å². The van der Waals surface area contributed by atoms with E-state index in [0.717, 1.165) is 10.9 Å². The minimum absolute atomic E-state index is 0.127. The van der Waals surface area contributed by atoms with Crippen molar-refractivity contribution in [2.24, 2.45) is 0 Å². The number of carbonyl (C=O) groups excluding carboxylic acids is 1. The normalized spacial score (nSPS) is 12.2. The highest BCUT2D eigenvalue weighted by Crippen LogP contribution is 2.26. The maximum absolute atomic E-state index is 11.9. The first-order chi connectivity index (χ1) is 7.95. The van der Waals surface area contributed by atoms with Crippen molar-refractivity contribution in [2.45, 2.75) is 13.0 Å². The summed E-state index contributed by atoms with van der Waals surface area (Å²) in [5, 5.41) is 3.64. The summed E-state index contributed by atoms with van der Waals surface area (Å²) in [4.78, 5) is 18.4. The second-order valence-corrected chi connectivity index (χ2v) is 5.82. The molecule has 7 heteroatoms. The van der Waals surface area contributed by atoms with E-state index in [4.69, 9.17) is 5.73 Å². The first-order valence-corrected chi connectivity index (χ1v) is 7.40. The molecule has 0 fully saturated rings. The molecule has 0 aliphatic heterocycles. The number of nitrogens with zero attached hydrogens (tertiary/aromatic N) is 2. The third-order valence-corrected chi connectivity index (χ3v) is 4.10. The molecule has 1 unspecified atom stereocenters. The number of amides is 1. The molecule has 0 saturated heterocycles. The Morgan fingerprint density at radius 3 is 2.76 bits per heavy atom. The number of hydrogen-bond acceptors (Lipinski definition) is 6. The number of carbonyl (C=O) groups is 1. The highest BCUT2D eigenvalue weighted by atomic mass is 32.2. The summed E-state index contributed by atoms with van der Waals surface area (Å²) in [5.74, 6) is 1.03. The van der Waals surface area contributed by atoms with E-state index < -0.39 is 0 Å². The maximum Gasteiger partial charge on any atom is 0.265 e. The van der Waals surface area contributed by atoms with Crippen molar-refractivity contribution in [1.82, 2.24) is 10.3 Å². The summed E-state index contributed by atoms with van der Waals surface area (Å²) in [7, 11) is 3.74. The molecule has 1 aromatic rings. The zero-order valence-electron chi connectivity index (χ0n) is 10.5. The molecule has 0 aromatic carbocycles. The van der Waals surface area contributed by atoms with Crippen LogP contribution in [0.2, 0.25) is 0 Å². The van der Waals surface area contributed by atoms with E-state index in [-0.39, 0.29) is 11.9 Å². The monoisotopic (exact) mass is 274 g/mol. The van der Waals surface area contributed by atoms with Crippen LogP contribution in [0.3, 0.4) is 0 Å². The van der Waals surface area contributed by atoms with Crippen molar-refractivity contribution in [3.05, 3.63) is 4.88 Å². The van der Waals surface area contributed by atoms with Crippen molar-refractivity contribution >= 4 is 40.0 Å². The van der Waals surface area contributed by atoms with Crippen molar-refractivity contribution in [3.63, 3.8) is 0 Å². The summed E-state index contributed by atoms with van der Waals surface area (Å²) in [6.45, 7) is 1.97. The molecule has 17 heavy (non-hydrogen) atoms. The molecule has 5 nitrogen and oxygen atoms in total. The molecule has 1 amide bonds. The van der Waals surface area contributed by atoms with Gasteiger partial charge in [0.1, 0.15) is 10.7 Å². The van der Waals surface area contributed by atoms with Crippen LogP contribution < -0.4 is 16.0 Å². The van der Waals surface area contributed by atoms with Gasteiger partial charge in [-0.05, 0) is 13.2 Å². The predicted molar refractivity (Wildman–Crippen MR) is 76.2 cm³/mol. The second kappa shape index (κ2) is 6.11. The predicted octanol–water partition coefficient (Wildman–Crippen LogP) is 1.27. The van der Waals surface area contributed by atoms with Crippen LogP contribution in [-0.4, -0.2) is 43.0 Å². The number of nitrogen functional groups attached to an aromatic ring is 1. The van der Waals surface area contributed by atoms with Gasteiger partial charge in [-0.25, -0.2) is 4.98 Å². The second-order valence-electron chi connectivity index (χ2n) is 3.94. The number of hydrogen-bond donors (Lipinski definition) is 2. The Bertz CT molecular complexity index is 392. The van der Waals surface area contributed by atoms with Crippen molar-refractivity contribution in [2.75, 3.05) is 36.7 Å². The molecular weight excluding hydrogens is 256 g/mol. The maximum atomic E-state index is 11.9. The van der Waals surface area contributed by atoms with Gasteiger partial charge in [0, 0.05) is 25.9 Å². The van der Waals surface area contributed by atoms with Crippen LogP contribution >= 0.6 is 23.1 Å². The summed E-state index contributed by atoms with van der Waals surface area (Å²) < 4.78 is 0. The summed E-state index contributed by atoms with van der Waals surface area (Å²) >= 11 is 3.00. The van der Waals surface area contributed by atoms with Gasteiger partial charge in [-0.3, -0.25) is 4.79 Å². The van der Waals surface area contributed by atoms with Gasteiger partial charge >= 0.3 is 0 Å². The van der Waals surface area contributed by atoms with Crippen LogP contribution in [-0.2, 0) is 0 Å². The number of thiazole rings is 1. The molecule has 0 saturated carbocycles. The SMILES string of the molecule is CSCC(C)NC(=O)c1sc(N(C)C)nc1N. The highest BCUT2D eigenvalue weighted by Gasteiger charge is 2.18. The number of nitrogens with one attached hydrogen (secondary N) is 1. The molecule has 0 aliphatic rings. The Morgan fingerprint density at radius 2 is 2.29 bits per heavy atom. The van der Waals surface area contributed by atoms with Gasteiger partial charge in [-0.1, -0.05) is 11.3 Å². The van der Waals surface area contributed by atoms with E-state index in [9.17, 15) is 4.79 Å². The molecule has 0 aliphatic carbocycles. The van der Waals surface area contributed by atoms with Gasteiger partial charge < -0.3 is 16.0 Å². The van der Waals surface area contributed by atoms with Crippen LogP contribution in [0, 0.1) is 0 Å². The Balaban J connectivity index is 2.75. The smallest absolute Gasteiger partial charge is 0.265 e. The highest BCUT2D eigenvalue weighted by molar-refractivity contribution is 7.98. The molecule has 1 atom stereocenters. The lowest BCUT2D eigenvalue weighted by Gasteiger charge is -2.11. The lowest BCUT2D eigenvalue weighted by Crippen LogP contribution is -2.34. The average Bonchev–Trinajstić information content (AvgIpc) is 2.60. The van der Waals surface area contributed by atoms with E-state index in [1.165, 1.54) is 11.3 Å². The molecule has 1 heterocycles. The lowest BCUT2D eigenvalue weighted by molar-refractivity contribution is 0.0948.